The minimum Gasteiger partial charge on any atom is -0.410 e. The van der Waals surface area contributed by atoms with E-state index in [4.69, 9.17) is 10.5 Å². The molecule has 1 amide bonds. The first-order valence-corrected chi connectivity index (χ1v) is 8.40. The molecule has 0 saturated heterocycles. The summed E-state index contributed by atoms with van der Waals surface area (Å²) in [6, 6.07) is 17.0. The number of benzene rings is 2. The SMILES string of the molecule is Nc1nc(-c2ccc(CCNC(=O)Oc3ccccc3)cc2)cs1. The predicted octanol–water partition coefficient (Wildman–Crippen LogP) is 3.72. The van der Waals surface area contributed by atoms with Crippen LogP contribution in [-0.2, 0) is 6.42 Å². The van der Waals surface area contributed by atoms with Crippen molar-refractivity contribution in [2.45, 2.75) is 6.42 Å². The number of thiazole rings is 1. The lowest BCUT2D eigenvalue weighted by Gasteiger charge is -2.07. The van der Waals surface area contributed by atoms with E-state index >= 15 is 0 Å². The van der Waals surface area contributed by atoms with Crippen molar-refractivity contribution in [2.24, 2.45) is 0 Å². The second-order valence-electron chi connectivity index (χ2n) is 5.15. The van der Waals surface area contributed by atoms with Crippen molar-refractivity contribution >= 4 is 22.6 Å². The molecule has 1 heterocycles. The van der Waals surface area contributed by atoms with E-state index in [-0.39, 0.29) is 0 Å². The molecule has 0 fully saturated rings. The zero-order valence-corrected chi connectivity index (χ0v) is 13.8. The average Bonchev–Trinajstić information content (AvgIpc) is 3.03. The molecule has 3 N–H and O–H groups in total. The van der Waals surface area contributed by atoms with E-state index in [1.54, 1.807) is 12.1 Å². The van der Waals surface area contributed by atoms with Crippen molar-refractivity contribution in [3.63, 3.8) is 0 Å². The molecule has 0 unspecified atom stereocenters. The molecule has 0 aliphatic carbocycles. The first-order valence-electron chi connectivity index (χ1n) is 7.52. The number of ether oxygens (including phenoxy) is 1. The predicted molar refractivity (Wildman–Crippen MR) is 96.1 cm³/mol. The molecule has 5 nitrogen and oxygen atoms in total. The molecule has 0 bridgehead atoms. The molecule has 0 radical (unpaired) electrons. The zero-order chi connectivity index (χ0) is 16.8. The Bertz CT molecular complexity index is 801. The fourth-order valence-corrected chi connectivity index (χ4v) is 2.78. The smallest absolute Gasteiger partial charge is 0.410 e. The summed E-state index contributed by atoms with van der Waals surface area (Å²) >= 11 is 1.43. The number of para-hydroxylation sites is 1. The summed E-state index contributed by atoms with van der Waals surface area (Å²) in [7, 11) is 0. The van der Waals surface area contributed by atoms with Gasteiger partial charge in [-0.15, -0.1) is 11.3 Å². The summed E-state index contributed by atoms with van der Waals surface area (Å²) in [4.78, 5) is 16.0. The Morgan fingerprint density at radius 1 is 1.12 bits per heavy atom. The van der Waals surface area contributed by atoms with Gasteiger partial charge in [0.1, 0.15) is 5.75 Å². The fourth-order valence-electron chi connectivity index (χ4n) is 2.20. The Morgan fingerprint density at radius 2 is 1.88 bits per heavy atom. The number of anilines is 1. The van der Waals surface area contributed by atoms with Crippen LogP contribution in [0.25, 0.3) is 11.3 Å². The van der Waals surface area contributed by atoms with Crippen LogP contribution >= 0.6 is 11.3 Å². The number of nitrogens with one attached hydrogen (secondary N) is 1. The van der Waals surface area contributed by atoms with Gasteiger partial charge in [0.15, 0.2) is 5.13 Å². The van der Waals surface area contributed by atoms with E-state index in [1.807, 2.05) is 47.8 Å². The van der Waals surface area contributed by atoms with Crippen molar-refractivity contribution < 1.29 is 9.53 Å². The van der Waals surface area contributed by atoms with E-state index in [9.17, 15) is 4.79 Å². The number of nitrogens with two attached hydrogens (primary N) is 1. The number of hydrogen-bond donors (Lipinski definition) is 2. The van der Waals surface area contributed by atoms with Crippen LogP contribution in [0.2, 0.25) is 0 Å². The van der Waals surface area contributed by atoms with Crippen molar-refractivity contribution in [1.82, 2.24) is 10.3 Å². The van der Waals surface area contributed by atoms with Crippen LogP contribution in [0, 0.1) is 0 Å². The number of nitrogens with zero attached hydrogens (tertiary/aromatic N) is 1. The van der Waals surface area contributed by atoms with Crippen LogP contribution in [0.15, 0.2) is 60.0 Å². The van der Waals surface area contributed by atoms with Crippen LogP contribution in [0.1, 0.15) is 5.56 Å². The molecule has 3 rings (SSSR count). The molecule has 1 aromatic heterocycles. The molecule has 0 saturated carbocycles. The minimum absolute atomic E-state index is 0.448. The highest BCUT2D eigenvalue weighted by molar-refractivity contribution is 7.13. The quantitative estimate of drug-likeness (QED) is 0.742. The van der Waals surface area contributed by atoms with Gasteiger partial charge in [-0.25, -0.2) is 9.78 Å². The van der Waals surface area contributed by atoms with Gasteiger partial charge < -0.3 is 15.8 Å². The molecule has 6 heteroatoms. The molecule has 24 heavy (non-hydrogen) atoms. The Balaban J connectivity index is 1.47. The second-order valence-corrected chi connectivity index (χ2v) is 6.04. The molecule has 0 aliphatic heterocycles. The largest absolute Gasteiger partial charge is 0.412 e. The molecule has 2 aromatic carbocycles. The number of rotatable bonds is 5. The summed E-state index contributed by atoms with van der Waals surface area (Å²) < 4.78 is 5.16. The standard InChI is InChI=1S/C18H17N3O2S/c19-17-21-16(12-24-17)14-8-6-13(7-9-14)10-11-20-18(22)23-15-4-2-1-3-5-15/h1-9,12H,10-11H2,(H2,19,21)(H,20,22). The third-order valence-electron chi connectivity index (χ3n) is 3.41. The van der Waals surface area contributed by atoms with Crippen molar-refractivity contribution in [2.75, 3.05) is 12.3 Å². The molecule has 122 valence electrons. The summed E-state index contributed by atoms with van der Waals surface area (Å²) in [6.07, 6.45) is 0.277. The highest BCUT2D eigenvalue weighted by Crippen LogP contribution is 2.23. The summed E-state index contributed by atoms with van der Waals surface area (Å²) in [5, 5.41) is 5.24. The van der Waals surface area contributed by atoms with Crippen LogP contribution in [0.4, 0.5) is 9.93 Å². The average molecular weight is 339 g/mol. The molecule has 0 atom stereocenters. The van der Waals surface area contributed by atoms with Gasteiger partial charge in [-0.05, 0) is 24.1 Å². The Morgan fingerprint density at radius 3 is 2.54 bits per heavy atom. The maximum atomic E-state index is 11.7. The second kappa shape index (κ2) is 7.61. The summed E-state index contributed by atoms with van der Waals surface area (Å²) in [6.45, 7) is 0.509. The molecule has 3 aromatic rings. The third kappa shape index (κ3) is 4.33. The minimum atomic E-state index is -0.448. The van der Waals surface area contributed by atoms with Gasteiger partial charge in [0.05, 0.1) is 5.69 Å². The van der Waals surface area contributed by atoms with E-state index < -0.39 is 6.09 Å². The number of aromatic nitrogens is 1. The first kappa shape index (κ1) is 16.0. The number of carbonyl (C=O) groups is 1. The van der Waals surface area contributed by atoms with Gasteiger partial charge in [0, 0.05) is 17.5 Å². The Kier molecular flexibility index (Phi) is 5.08. The van der Waals surface area contributed by atoms with E-state index in [0.29, 0.717) is 17.4 Å². The maximum absolute atomic E-state index is 11.7. The van der Waals surface area contributed by atoms with Crippen LogP contribution < -0.4 is 15.8 Å². The van der Waals surface area contributed by atoms with Gasteiger partial charge >= 0.3 is 6.09 Å². The normalized spacial score (nSPS) is 10.3. The van der Waals surface area contributed by atoms with Crippen LogP contribution in [-0.4, -0.2) is 17.6 Å². The topological polar surface area (TPSA) is 77.2 Å². The van der Waals surface area contributed by atoms with Gasteiger partial charge in [0.2, 0.25) is 0 Å². The Hall–Kier alpha value is -2.86. The van der Waals surface area contributed by atoms with Gasteiger partial charge in [-0.3, -0.25) is 0 Å². The number of amides is 1. The van der Waals surface area contributed by atoms with Gasteiger partial charge in [-0.1, -0.05) is 42.5 Å². The van der Waals surface area contributed by atoms with Crippen molar-refractivity contribution in [3.05, 3.63) is 65.5 Å². The maximum Gasteiger partial charge on any atom is 0.412 e. The van der Waals surface area contributed by atoms with E-state index in [2.05, 4.69) is 10.3 Å². The lowest BCUT2D eigenvalue weighted by atomic mass is 10.1. The third-order valence-corrected chi connectivity index (χ3v) is 4.08. The van der Waals surface area contributed by atoms with E-state index in [0.717, 1.165) is 23.2 Å². The number of hydrogen-bond acceptors (Lipinski definition) is 5. The zero-order valence-electron chi connectivity index (χ0n) is 12.9. The fraction of sp³-hybridized carbons (Fsp3) is 0.111. The van der Waals surface area contributed by atoms with Crippen molar-refractivity contribution in [1.29, 1.82) is 0 Å². The van der Waals surface area contributed by atoms with Gasteiger partial charge in [0.25, 0.3) is 0 Å². The Labute approximate surface area is 144 Å². The summed E-state index contributed by atoms with van der Waals surface area (Å²) in [5.74, 6) is 0.530. The van der Waals surface area contributed by atoms with Crippen LogP contribution in [0.5, 0.6) is 5.75 Å². The lowest BCUT2D eigenvalue weighted by Crippen LogP contribution is -2.28. The number of carbonyl (C=O) groups excluding carboxylic acids is 1. The summed E-state index contributed by atoms with van der Waals surface area (Å²) in [5.41, 5.74) is 8.69. The molecule has 0 aliphatic rings. The lowest BCUT2D eigenvalue weighted by molar-refractivity contribution is 0.200. The number of nitrogen functional groups attached to an aromatic ring is 1. The van der Waals surface area contributed by atoms with Gasteiger partial charge in [-0.2, -0.15) is 0 Å². The molecule has 0 spiro atoms. The van der Waals surface area contributed by atoms with Crippen LogP contribution in [0.3, 0.4) is 0 Å². The highest BCUT2D eigenvalue weighted by Gasteiger charge is 2.05. The first-order chi connectivity index (χ1) is 11.7. The highest BCUT2D eigenvalue weighted by atomic mass is 32.1. The molecular weight excluding hydrogens is 322 g/mol. The van der Waals surface area contributed by atoms with E-state index in [1.165, 1.54) is 11.3 Å². The van der Waals surface area contributed by atoms with Crippen molar-refractivity contribution in [3.8, 4) is 17.0 Å². The monoisotopic (exact) mass is 339 g/mol. The molecular formula is C18H17N3O2S.